The first-order valence-corrected chi connectivity index (χ1v) is 10.4. The molecule has 31 heavy (non-hydrogen) atoms. The van der Waals surface area contributed by atoms with Gasteiger partial charge in [0.05, 0.1) is 0 Å². The van der Waals surface area contributed by atoms with Gasteiger partial charge in [0.2, 0.25) is 0 Å². The molecule has 0 N–H and O–H groups in total. The molecule has 0 atom stereocenters. The van der Waals surface area contributed by atoms with Gasteiger partial charge in [-0.3, -0.25) is 0 Å². The lowest BCUT2D eigenvalue weighted by molar-refractivity contribution is -0.140. The number of carbonyl (C=O) groups excluding carboxylic acids is 1. The lowest BCUT2D eigenvalue weighted by atomic mass is 9.92. The standard InChI is InChI=1S/C29H24O2/c1-22(29(30)31-21-23-11-5-2-6-12-23)28(26-15-9-4-10-16-26)27-19-17-25(18-20-27)24-13-7-3-8-14-24/h2-20H,21H2,1H3/b28-22-. The van der Waals surface area contributed by atoms with Crippen molar-refractivity contribution >= 4 is 11.5 Å². The molecule has 0 unspecified atom stereocenters. The Kier molecular flexibility index (Phi) is 6.39. The van der Waals surface area contributed by atoms with Crippen LogP contribution in [0.2, 0.25) is 0 Å². The van der Waals surface area contributed by atoms with Crippen molar-refractivity contribution < 1.29 is 9.53 Å². The summed E-state index contributed by atoms with van der Waals surface area (Å²) < 4.78 is 5.61. The van der Waals surface area contributed by atoms with Crippen LogP contribution in [-0.4, -0.2) is 5.97 Å². The van der Waals surface area contributed by atoms with Gasteiger partial charge in [0, 0.05) is 5.57 Å². The van der Waals surface area contributed by atoms with E-state index in [1.165, 1.54) is 5.56 Å². The highest BCUT2D eigenvalue weighted by molar-refractivity contribution is 6.01. The zero-order chi connectivity index (χ0) is 21.5. The van der Waals surface area contributed by atoms with Gasteiger partial charge in [0.25, 0.3) is 0 Å². The molecule has 0 bridgehead atoms. The zero-order valence-electron chi connectivity index (χ0n) is 17.5. The van der Waals surface area contributed by atoms with Crippen molar-refractivity contribution in [1.29, 1.82) is 0 Å². The number of hydrogen-bond acceptors (Lipinski definition) is 2. The van der Waals surface area contributed by atoms with Crippen LogP contribution in [0, 0.1) is 0 Å². The first kappa shape index (κ1) is 20.4. The van der Waals surface area contributed by atoms with Crippen molar-refractivity contribution in [2.45, 2.75) is 13.5 Å². The van der Waals surface area contributed by atoms with Crippen LogP contribution in [0.25, 0.3) is 16.7 Å². The summed E-state index contributed by atoms with van der Waals surface area (Å²) >= 11 is 0. The summed E-state index contributed by atoms with van der Waals surface area (Å²) in [5.74, 6) is -0.310. The zero-order valence-corrected chi connectivity index (χ0v) is 17.5. The number of esters is 1. The second kappa shape index (κ2) is 9.73. The third-order valence-corrected chi connectivity index (χ3v) is 5.24. The van der Waals surface area contributed by atoms with Crippen molar-refractivity contribution in [3.05, 3.63) is 138 Å². The van der Waals surface area contributed by atoms with Crippen LogP contribution in [0.3, 0.4) is 0 Å². The van der Waals surface area contributed by atoms with Crippen LogP contribution < -0.4 is 0 Å². The fourth-order valence-corrected chi connectivity index (χ4v) is 3.60. The van der Waals surface area contributed by atoms with E-state index >= 15 is 0 Å². The van der Waals surface area contributed by atoms with Gasteiger partial charge in [-0.05, 0) is 40.3 Å². The average Bonchev–Trinajstić information content (AvgIpc) is 2.85. The fourth-order valence-electron chi connectivity index (χ4n) is 3.60. The van der Waals surface area contributed by atoms with E-state index in [1.54, 1.807) is 0 Å². The van der Waals surface area contributed by atoms with Gasteiger partial charge in [0.1, 0.15) is 6.61 Å². The highest BCUT2D eigenvalue weighted by Gasteiger charge is 2.16. The summed E-state index contributed by atoms with van der Waals surface area (Å²) in [5, 5.41) is 0. The van der Waals surface area contributed by atoms with Gasteiger partial charge >= 0.3 is 5.97 Å². The van der Waals surface area contributed by atoms with Crippen molar-refractivity contribution in [2.75, 3.05) is 0 Å². The van der Waals surface area contributed by atoms with E-state index in [9.17, 15) is 4.79 Å². The quantitative estimate of drug-likeness (QED) is 0.258. The smallest absolute Gasteiger partial charge is 0.334 e. The molecule has 0 heterocycles. The van der Waals surface area contributed by atoms with E-state index in [0.29, 0.717) is 5.57 Å². The Morgan fingerprint density at radius 1 is 0.613 bits per heavy atom. The van der Waals surface area contributed by atoms with Crippen LogP contribution in [0.5, 0.6) is 0 Å². The Morgan fingerprint density at radius 2 is 1.10 bits per heavy atom. The molecule has 4 aromatic rings. The summed E-state index contributed by atoms with van der Waals surface area (Å²) in [6.07, 6.45) is 0. The molecular weight excluding hydrogens is 380 g/mol. The molecule has 0 fully saturated rings. The molecule has 2 nitrogen and oxygen atoms in total. The number of benzene rings is 4. The van der Waals surface area contributed by atoms with E-state index in [-0.39, 0.29) is 12.6 Å². The number of ether oxygens (including phenoxy) is 1. The van der Waals surface area contributed by atoms with Crippen LogP contribution in [0.15, 0.2) is 121 Å². The number of hydrogen-bond donors (Lipinski definition) is 0. The van der Waals surface area contributed by atoms with Crippen LogP contribution in [0.4, 0.5) is 0 Å². The molecule has 0 amide bonds. The minimum Gasteiger partial charge on any atom is -0.457 e. The molecule has 0 aliphatic rings. The minimum absolute atomic E-state index is 0.256. The maximum absolute atomic E-state index is 12.9. The summed E-state index contributed by atoms with van der Waals surface area (Å²) in [6, 6.07) is 38.3. The number of rotatable bonds is 6. The highest BCUT2D eigenvalue weighted by Crippen LogP contribution is 2.30. The van der Waals surface area contributed by atoms with Crippen molar-refractivity contribution in [1.82, 2.24) is 0 Å². The lowest BCUT2D eigenvalue weighted by Crippen LogP contribution is -2.08. The molecule has 0 saturated carbocycles. The molecule has 2 heteroatoms. The average molecular weight is 405 g/mol. The summed E-state index contributed by atoms with van der Waals surface area (Å²) in [6.45, 7) is 2.09. The Labute approximate surface area is 183 Å². The lowest BCUT2D eigenvalue weighted by Gasteiger charge is -2.14. The second-order valence-electron chi connectivity index (χ2n) is 7.37. The van der Waals surface area contributed by atoms with E-state index in [0.717, 1.165) is 27.8 Å². The van der Waals surface area contributed by atoms with Gasteiger partial charge in [-0.25, -0.2) is 4.79 Å². The molecule has 4 aromatic carbocycles. The first-order valence-electron chi connectivity index (χ1n) is 10.4. The fraction of sp³-hybridized carbons (Fsp3) is 0.0690. The minimum atomic E-state index is -0.310. The molecular formula is C29H24O2. The maximum atomic E-state index is 12.9. The van der Waals surface area contributed by atoms with E-state index in [2.05, 4.69) is 36.4 Å². The van der Waals surface area contributed by atoms with Gasteiger partial charge in [0.15, 0.2) is 0 Å². The Balaban J connectivity index is 1.66. The molecule has 0 aromatic heterocycles. The van der Waals surface area contributed by atoms with Crippen LogP contribution >= 0.6 is 0 Å². The molecule has 0 spiro atoms. The summed E-state index contributed by atoms with van der Waals surface area (Å²) in [4.78, 5) is 12.9. The number of carbonyl (C=O) groups is 1. The second-order valence-corrected chi connectivity index (χ2v) is 7.37. The van der Waals surface area contributed by atoms with Crippen molar-refractivity contribution in [3.63, 3.8) is 0 Å². The molecule has 0 aliphatic carbocycles. The van der Waals surface area contributed by atoms with E-state index in [4.69, 9.17) is 4.74 Å². The highest BCUT2D eigenvalue weighted by atomic mass is 16.5. The monoisotopic (exact) mass is 404 g/mol. The SMILES string of the molecule is C/C(C(=O)OCc1ccccc1)=C(\c1ccccc1)c1ccc(-c2ccccc2)cc1. The predicted octanol–water partition coefficient (Wildman–Crippen LogP) is 6.92. The Hall–Kier alpha value is -3.91. The van der Waals surface area contributed by atoms with Crippen LogP contribution in [0.1, 0.15) is 23.6 Å². The molecule has 152 valence electrons. The van der Waals surface area contributed by atoms with Crippen LogP contribution in [-0.2, 0) is 16.1 Å². The summed E-state index contributed by atoms with van der Waals surface area (Å²) in [7, 11) is 0. The summed E-state index contributed by atoms with van der Waals surface area (Å²) in [5.41, 5.74) is 6.73. The Morgan fingerprint density at radius 3 is 1.71 bits per heavy atom. The van der Waals surface area contributed by atoms with Gasteiger partial charge < -0.3 is 4.74 Å². The van der Waals surface area contributed by atoms with Crippen molar-refractivity contribution in [3.8, 4) is 11.1 Å². The van der Waals surface area contributed by atoms with Crippen molar-refractivity contribution in [2.24, 2.45) is 0 Å². The topological polar surface area (TPSA) is 26.3 Å². The van der Waals surface area contributed by atoms with E-state index < -0.39 is 0 Å². The molecule has 0 radical (unpaired) electrons. The molecule has 4 rings (SSSR count). The largest absolute Gasteiger partial charge is 0.457 e. The van der Waals surface area contributed by atoms with Gasteiger partial charge in [-0.1, -0.05) is 115 Å². The Bertz CT molecular complexity index is 1160. The first-order chi connectivity index (χ1) is 15.2. The maximum Gasteiger partial charge on any atom is 0.334 e. The normalized spacial score (nSPS) is 11.5. The van der Waals surface area contributed by atoms with Gasteiger partial charge in [-0.2, -0.15) is 0 Å². The molecule has 0 aliphatic heterocycles. The molecule has 0 saturated heterocycles. The van der Waals surface area contributed by atoms with Gasteiger partial charge in [-0.15, -0.1) is 0 Å². The van der Waals surface area contributed by atoms with E-state index in [1.807, 2.05) is 85.8 Å². The third-order valence-electron chi connectivity index (χ3n) is 5.24. The third kappa shape index (κ3) is 4.99. The predicted molar refractivity (Wildman–Crippen MR) is 126 cm³/mol.